The fraction of sp³-hybridized carbons (Fsp3) is 0.692. The molecule has 0 spiro atoms. The van der Waals surface area contributed by atoms with E-state index in [1.54, 1.807) is 24.0 Å². The lowest BCUT2D eigenvalue weighted by Gasteiger charge is -2.39. The SMILES string of the molecule is CCC1CCN(c2nccn(C)c2=O)C(CN)C1. The molecule has 2 N–H and O–H groups in total. The number of aryl methyl sites for hydroxylation is 1. The molecule has 0 aromatic carbocycles. The van der Waals surface area contributed by atoms with Crippen molar-refractivity contribution in [2.24, 2.45) is 18.7 Å². The number of nitrogens with two attached hydrogens (primary N) is 1. The van der Waals surface area contributed by atoms with E-state index in [1.807, 2.05) is 0 Å². The van der Waals surface area contributed by atoms with Crippen LogP contribution >= 0.6 is 0 Å². The van der Waals surface area contributed by atoms with Gasteiger partial charge in [0, 0.05) is 38.6 Å². The summed E-state index contributed by atoms with van der Waals surface area (Å²) in [6.45, 7) is 3.68. The van der Waals surface area contributed by atoms with Crippen LogP contribution in [-0.4, -0.2) is 28.7 Å². The van der Waals surface area contributed by atoms with Crippen LogP contribution in [0.5, 0.6) is 0 Å². The fourth-order valence-corrected chi connectivity index (χ4v) is 2.69. The van der Waals surface area contributed by atoms with Crippen LogP contribution in [-0.2, 0) is 7.05 Å². The van der Waals surface area contributed by atoms with Gasteiger partial charge < -0.3 is 15.2 Å². The Balaban J connectivity index is 2.27. The van der Waals surface area contributed by atoms with Crippen molar-refractivity contribution >= 4 is 5.82 Å². The molecule has 1 saturated heterocycles. The van der Waals surface area contributed by atoms with Gasteiger partial charge in [-0.15, -0.1) is 0 Å². The van der Waals surface area contributed by atoms with E-state index < -0.39 is 0 Å². The van der Waals surface area contributed by atoms with Crippen molar-refractivity contribution in [2.75, 3.05) is 18.0 Å². The Morgan fingerprint density at radius 1 is 1.56 bits per heavy atom. The maximum Gasteiger partial charge on any atom is 0.293 e. The molecule has 2 atom stereocenters. The van der Waals surface area contributed by atoms with Crippen LogP contribution in [0, 0.1) is 5.92 Å². The smallest absolute Gasteiger partial charge is 0.293 e. The van der Waals surface area contributed by atoms with Crippen molar-refractivity contribution in [1.29, 1.82) is 0 Å². The number of rotatable bonds is 3. The summed E-state index contributed by atoms with van der Waals surface area (Å²) in [6.07, 6.45) is 6.72. The third-order valence-corrected chi connectivity index (χ3v) is 3.94. The Labute approximate surface area is 108 Å². The van der Waals surface area contributed by atoms with Crippen LogP contribution in [0.25, 0.3) is 0 Å². The van der Waals surface area contributed by atoms with Crippen molar-refractivity contribution in [3.63, 3.8) is 0 Å². The van der Waals surface area contributed by atoms with Crippen molar-refractivity contribution in [3.05, 3.63) is 22.7 Å². The molecule has 18 heavy (non-hydrogen) atoms. The van der Waals surface area contributed by atoms with Gasteiger partial charge in [-0.05, 0) is 18.8 Å². The molecule has 100 valence electrons. The largest absolute Gasteiger partial charge is 0.348 e. The number of aromatic nitrogens is 2. The standard InChI is InChI=1S/C13H22N4O/c1-3-10-4-6-17(11(8-10)9-14)12-13(18)16(2)7-5-15-12/h5,7,10-11H,3-4,6,8-9,14H2,1-2H3. The Morgan fingerprint density at radius 3 is 3.00 bits per heavy atom. The van der Waals surface area contributed by atoms with E-state index in [0.717, 1.165) is 25.3 Å². The van der Waals surface area contributed by atoms with Crippen LogP contribution < -0.4 is 16.2 Å². The third-order valence-electron chi connectivity index (χ3n) is 3.94. The topological polar surface area (TPSA) is 64.2 Å². The zero-order valence-electron chi connectivity index (χ0n) is 11.2. The summed E-state index contributed by atoms with van der Waals surface area (Å²) in [5.41, 5.74) is 5.82. The Kier molecular flexibility index (Phi) is 4.01. The van der Waals surface area contributed by atoms with Crippen LogP contribution in [0.2, 0.25) is 0 Å². The highest BCUT2D eigenvalue weighted by Gasteiger charge is 2.29. The van der Waals surface area contributed by atoms with Gasteiger partial charge in [0.1, 0.15) is 0 Å². The molecule has 2 heterocycles. The highest BCUT2D eigenvalue weighted by atomic mass is 16.1. The van der Waals surface area contributed by atoms with Gasteiger partial charge in [0.2, 0.25) is 0 Å². The molecule has 0 saturated carbocycles. The molecule has 2 unspecified atom stereocenters. The molecule has 2 rings (SSSR count). The van der Waals surface area contributed by atoms with E-state index in [0.29, 0.717) is 12.4 Å². The van der Waals surface area contributed by atoms with Gasteiger partial charge in [-0.2, -0.15) is 0 Å². The average molecular weight is 250 g/mol. The summed E-state index contributed by atoms with van der Waals surface area (Å²) in [5.74, 6) is 1.27. The lowest BCUT2D eigenvalue weighted by atomic mass is 9.89. The predicted octanol–water partition coefficient (Wildman–Crippen LogP) is 0.734. The molecule has 1 fully saturated rings. The van der Waals surface area contributed by atoms with Crippen molar-refractivity contribution in [2.45, 2.75) is 32.2 Å². The maximum atomic E-state index is 12.1. The maximum absolute atomic E-state index is 12.1. The van der Waals surface area contributed by atoms with Gasteiger partial charge in [-0.25, -0.2) is 4.98 Å². The number of anilines is 1. The second kappa shape index (κ2) is 5.52. The molecule has 1 aliphatic heterocycles. The van der Waals surface area contributed by atoms with Gasteiger partial charge in [0.05, 0.1) is 0 Å². The van der Waals surface area contributed by atoms with Gasteiger partial charge in [-0.3, -0.25) is 4.79 Å². The molecule has 5 heteroatoms. The lowest BCUT2D eigenvalue weighted by Crippen LogP contribution is -2.49. The predicted molar refractivity (Wildman–Crippen MR) is 72.7 cm³/mol. The van der Waals surface area contributed by atoms with Crippen molar-refractivity contribution < 1.29 is 0 Å². The minimum absolute atomic E-state index is 0.0362. The lowest BCUT2D eigenvalue weighted by molar-refractivity contribution is 0.333. The van der Waals surface area contributed by atoms with E-state index in [-0.39, 0.29) is 11.6 Å². The molecule has 1 aromatic rings. The second-order valence-electron chi connectivity index (χ2n) is 5.05. The van der Waals surface area contributed by atoms with E-state index in [1.165, 1.54) is 6.42 Å². The third kappa shape index (κ3) is 2.41. The number of piperidine rings is 1. The minimum atomic E-state index is -0.0362. The first kappa shape index (κ1) is 13.1. The highest BCUT2D eigenvalue weighted by molar-refractivity contribution is 5.38. The molecular weight excluding hydrogens is 228 g/mol. The van der Waals surface area contributed by atoms with Crippen LogP contribution in [0.3, 0.4) is 0 Å². The Bertz CT molecular complexity index is 457. The van der Waals surface area contributed by atoms with Crippen LogP contribution in [0.15, 0.2) is 17.2 Å². The molecule has 1 aromatic heterocycles. The zero-order valence-corrected chi connectivity index (χ0v) is 11.2. The van der Waals surface area contributed by atoms with E-state index in [9.17, 15) is 4.79 Å². The molecule has 0 amide bonds. The van der Waals surface area contributed by atoms with Crippen LogP contribution in [0.1, 0.15) is 26.2 Å². The molecule has 1 aliphatic rings. The first-order chi connectivity index (χ1) is 8.67. The summed E-state index contributed by atoms with van der Waals surface area (Å²) < 4.78 is 1.57. The quantitative estimate of drug-likeness (QED) is 0.859. The zero-order chi connectivity index (χ0) is 13.1. The van der Waals surface area contributed by atoms with E-state index in [4.69, 9.17) is 5.73 Å². The first-order valence-corrected chi connectivity index (χ1v) is 6.65. The van der Waals surface area contributed by atoms with Crippen LogP contribution in [0.4, 0.5) is 5.82 Å². The normalized spacial score (nSPS) is 24.3. The summed E-state index contributed by atoms with van der Waals surface area (Å²) >= 11 is 0. The van der Waals surface area contributed by atoms with E-state index in [2.05, 4.69) is 16.8 Å². The Morgan fingerprint density at radius 2 is 2.33 bits per heavy atom. The van der Waals surface area contributed by atoms with E-state index >= 15 is 0 Å². The van der Waals surface area contributed by atoms with Gasteiger partial charge in [-0.1, -0.05) is 13.3 Å². The monoisotopic (exact) mass is 250 g/mol. The second-order valence-corrected chi connectivity index (χ2v) is 5.05. The molecule has 0 aliphatic carbocycles. The number of nitrogens with zero attached hydrogens (tertiary/aromatic N) is 3. The molecule has 5 nitrogen and oxygen atoms in total. The average Bonchev–Trinajstić information content (AvgIpc) is 2.41. The fourth-order valence-electron chi connectivity index (χ4n) is 2.69. The summed E-state index contributed by atoms with van der Waals surface area (Å²) in [4.78, 5) is 18.4. The van der Waals surface area contributed by atoms with Gasteiger partial charge in [0.25, 0.3) is 5.56 Å². The first-order valence-electron chi connectivity index (χ1n) is 6.65. The van der Waals surface area contributed by atoms with Gasteiger partial charge >= 0.3 is 0 Å². The molecule has 0 bridgehead atoms. The van der Waals surface area contributed by atoms with Crippen molar-refractivity contribution in [3.8, 4) is 0 Å². The summed E-state index contributed by atoms with van der Waals surface area (Å²) in [7, 11) is 1.75. The summed E-state index contributed by atoms with van der Waals surface area (Å²) in [6, 6.07) is 0.242. The van der Waals surface area contributed by atoms with Gasteiger partial charge in [0.15, 0.2) is 5.82 Å². The summed E-state index contributed by atoms with van der Waals surface area (Å²) in [5, 5.41) is 0. The highest BCUT2D eigenvalue weighted by Crippen LogP contribution is 2.26. The minimum Gasteiger partial charge on any atom is -0.348 e. The number of hydrogen-bond donors (Lipinski definition) is 1. The molecule has 0 radical (unpaired) electrons. The van der Waals surface area contributed by atoms with Crippen molar-refractivity contribution in [1.82, 2.24) is 9.55 Å². The number of hydrogen-bond acceptors (Lipinski definition) is 4. The Hall–Kier alpha value is -1.36. The molecular formula is C13H22N4O.